The van der Waals surface area contributed by atoms with E-state index in [0.29, 0.717) is 27.6 Å². The molecule has 8 heteroatoms. The van der Waals surface area contributed by atoms with Crippen molar-refractivity contribution >= 4 is 32.9 Å². The zero-order valence-corrected chi connectivity index (χ0v) is 15.3. The Morgan fingerprint density at radius 2 is 1.92 bits per heavy atom. The lowest BCUT2D eigenvalue weighted by Gasteiger charge is -2.10. The molecule has 1 heterocycles. The molecule has 0 amide bonds. The van der Waals surface area contributed by atoms with Gasteiger partial charge >= 0.3 is 0 Å². The second kappa shape index (κ2) is 6.88. The zero-order chi connectivity index (χ0) is 18.0. The standard InChI is InChI=1S/C17H15N3O3S2/c1-20(2)25(21,22)14-7-8-16-15(9-14)19-17(23-16)24-11-13-5-3-12(10-18)4-6-13/h3-9H,11H2,1-2H3. The van der Waals surface area contributed by atoms with Gasteiger partial charge in [0.1, 0.15) is 5.52 Å². The number of thioether (sulfide) groups is 1. The first-order valence-electron chi connectivity index (χ1n) is 7.35. The molecule has 0 aliphatic heterocycles. The van der Waals surface area contributed by atoms with Crippen LogP contribution in [0.25, 0.3) is 11.1 Å². The second-order valence-electron chi connectivity index (χ2n) is 5.49. The fraction of sp³-hybridized carbons (Fsp3) is 0.176. The van der Waals surface area contributed by atoms with Gasteiger partial charge in [0.05, 0.1) is 16.5 Å². The van der Waals surface area contributed by atoms with Gasteiger partial charge in [0.15, 0.2) is 5.58 Å². The van der Waals surface area contributed by atoms with Gasteiger partial charge in [-0.05, 0) is 35.9 Å². The Morgan fingerprint density at radius 1 is 1.20 bits per heavy atom. The Labute approximate surface area is 150 Å². The van der Waals surface area contributed by atoms with Gasteiger partial charge in [-0.3, -0.25) is 0 Å². The molecule has 6 nitrogen and oxygen atoms in total. The van der Waals surface area contributed by atoms with Crippen molar-refractivity contribution in [1.82, 2.24) is 9.29 Å². The second-order valence-corrected chi connectivity index (χ2v) is 8.57. The summed E-state index contributed by atoms with van der Waals surface area (Å²) in [6, 6.07) is 14.0. The van der Waals surface area contributed by atoms with Crippen molar-refractivity contribution in [1.29, 1.82) is 5.26 Å². The molecule has 3 rings (SSSR count). The number of aromatic nitrogens is 1. The van der Waals surface area contributed by atoms with E-state index in [2.05, 4.69) is 11.1 Å². The summed E-state index contributed by atoms with van der Waals surface area (Å²) in [6.07, 6.45) is 0. The molecule has 0 saturated carbocycles. The summed E-state index contributed by atoms with van der Waals surface area (Å²) in [5.41, 5.74) is 2.71. The largest absolute Gasteiger partial charge is 0.431 e. The molecule has 0 radical (unpaired) electrons. The highest BCUT2D eigenvalue weighted by molar-refractivity contribution is 7.98. The third-order valence-electron chi connectivity index (χ3n) is 3.56. The van der Waals surface area contributed by atoms with Crippen LogP contribution in [0.3, 0.4) is 0 Å². The van der Waals surface area contributed by atoms with E-state index < -0.39 is 10.0 Å². The third-order valence-corrected chi connectivity index (χ3v) is 6.27. The van der Waals surface area contributed by atoms with Crippen molar-refractivity contribution in [3.63, 3.8) is 0 Å². The number of fused-ring (bicyclic) bond motifs is 1. The number of oxazole rings is 1. The van der Waals surface area contributed by atoms with Crippen LogP contribution in [0.1, 0.15) is 11.1 Å². The normalized spacial score (nSPS) is 11.8. The highest BCUT2D eigenvalue weighted by atomic mass is 32.2. The monoisotopic (exact) mass is 373 g/mol. The number of rotatable bonds is 5. The fourth-order valence-electron chi connectivity index (χ4n) is 2.14. The molecule has 0 atom stereocenters. The quantitative estimate of drug-likeness (QED) is 0.638. The highest BCUT2D eigenvalue weighted by Crippen LogP contribution is 2.28. The molecule has 0 spiro atoms. The maximum absolute atomic E-state index is 12.2. The predicted molar refractivity (Wildman–Crippen MR) is 95.6 cm³/mol. The molecule has 0 saturated heterocycles. The number of nitriles is 1. The SMILES string of the molecule is CN(C)S(=O)(=O)c1ccc2oc(SCc3ccc(C#N)cc3)nc2c1. The summed E-state index contributed by atoms with van der Waals surface area (Å²) in [6.45, 7) is 0. The van der Waals surface area contributed by atoms with Gasteiger partial charge in [-0.15, -0.1) is 0 Å². The molecule has 0 aliphatic carbocycles. The molecular weight excluding hydrogens is 358 g/mol. The van der Waals surface area contributed by atoms with Gasteiger partial charge in [-0.1, -0.05) is 23.9 Å². The maximum Gasteiger partial charge on any atom is 0.257 e. The van der Waals surface area contributed by atoms with E-state index >= 15 is 0 Å². The Hall–Kier alpha value is -2.34. The minimum absolute atomic E-state index is 0.182. The molecular formula is C17H15N3O3S2. The van der Waals surface area contributed by atoms with Crippen LogP contribution < -0.4 is 0 Å². The fourth-order valence-corrected chi connectivity index (χ4v) is 3.86. The van der Waals surface area contributed by atoms with Crippen LogP contribution in [0.2, 0.25) is 0 Å². The minimum Gasteiger partial charge on any atom is -0.431 e. The summed E-state index contributed by atoms with van der Waals surface area (Å²) < 4.78 is 31.2. The van der Waals surface area contributed by atoms with Crippen LogP contribution in [-0.2, 0) is 15.8 Å². The number of benzene rings is 2. The lowest BCUT2D eigenvalue weighted by molar-refractivity contribution is 0.489. The lowest BCUT2D eigenvalue weighted by Crippen LogP contribution is -2.22. The van der Waals surface area contributed by atoms with E-state index in [1.54, 1.807) is 18.2 Å². The Morgan fingerprint density at radius 3 is 2.56 bits per heavy atom. The summed E-state index contributed by atoms with van der Waals surface area (Å²) in [5, 5.41) is 9.28. The van der Waals surface area contributed by atoms with Crippen molar-refractivity contribution < 1.29 is 12.8 Å². The first kappa shape index (κ1) is 17.5. The number of hydrogen-bond acceptors (Lipinski definition) is 6. The predicted octanol–water partition coefficient (Wildman–Crippen LogP) is 3.24. The zero-order valence-electron chi connectivity index (χ0n) is 13.6. The van der Waals surface area contributed by atoms with Gasteiger partial charge in [0.2, 0.25) is 10.0 Å². The molecule has 0 unspecified atom stereocenters. The van der Waals surface area contributed by atoms with Gasteiger partial charge < -0.3 is 4.42 Å². The van der Waals surface area contributed by atoms with Crippen molar-refractivity contribution in [3.05, 3.63) is 53.6 Å². The Kier molecular flexibility index (Phi) is 4.81. The van der Waals surface area contributed by atoms with Crippen LogP contribution in [0.4, 0.5) is 0 Å². The average Bonchev–Trinajstić information content (AvgIpc) is 3.02. The first-order chi connectivity index (χ1) is 11.9. The molecule has 1 aromatic heterocycles. The van der Waals surface area contributed by atoms with Crippen LogP contribution in [0.15, 0.2) is 57.0 Å². The van der Waals surface area contributed by atoms with Crippen LogP contribution in [-0.4, -0.2) is 31.8 Å². The van der Waals surface area contributed by atoms with Crippen LogP contribution in [0, 0.1) is 11.3 Å². The van der Waals surface area contributed by atoms with E-state index in [9.17, 15) is 8.42 Å². The Balaban J connectivity index is 1.80. The molecule has 3 aromatic rings. The molecule has 0 N–H and O–H groups in total. The van der Waals surface area contributed by atoms with E-state index in [-0.39, 0.29) is 4.90 Å². The highest BCUT2D eigenvalue weighted by Gasteiger charge is 2.19. The summed E-state index contributed by atoms with van der Waals surface area (Å²) in [7, 11) is -0.528. The molecule has 0 bridgehead atoms. The summed E-state index contributed by atoms with van der Waals surface area (Å²) >= 11 is 1.41. The van der Waals surface area contributed by atoms with Crippen molar-refractivity contribution in [2.24, 2.45) is 0 Å². The molecule has 0 fully saturated rings. The van der Waals surface area contributed by atoms with E-state index in [1.165, 1.54) is 38.0 Å². The summed E-state index contributed by atoms with van der Waals surface area (Å²) in [4.78, 5) is 4.54. The van der Waals surface area contributed by atoms with Crippen LogP contribution in [0.5, 0.6) is 0 Å². The minimum atomic E-state index is -3.50. The topological polar surface area (TPSA) is 87.2 Å². The van der Waals surface area contributed by atoms with E-state index in [1.807, 2.05) is 12.1 Å². The van der Waals surface area contributed by atoms with Crippen molar-refractivity contribution in [2.45, 2.75) is 15.9 Å². The smallest absolute Gasteiger partial charge is 0.257 e. The van der Waals surface area contributed by atoms with Crippen LogP contribution >= 0.6 is 11.8 Å². The van der Waals surface area contributed by atoms with Gasteiger partial charge in [0, 0.05) is 19.8 Å². The molecule has 25 heavy (non-hydrogen) atoms. The molecule has 2 aromatic carbocycles. The lowest BCUT2D eigenvalue weighted by atomic mass is 10.2. The van der Waals surface area contributed by atoms with E-state index in [4.69, 9.17) is 9.68 Å². The summed E-state index contributed by atoms with van der Waals surface area (Å²) in [5.74, 6) is 0.640. The third kappa shape index (κ3) is 3.69. The van der Waals surface area contributed by atoms with Gasteiger partial charge in [-0.2, -0.15) is 5.26 Å². The number of sulfonamides is 1. The van der Waals surface area contributed by atoms with Crippen molar-refractivity contribution in [2.75, 3.05) is 14.1 Å². The number of nitrogens with zero attached hydrogens (tertiary/aromatic N) is 3. The number of hydrogen-bond donors (Lipinski definition) is 0. The molecule has 128 valence electrons. The van der Waals surface area contributed by atoms with Crippen molar-refractivity contribution in [3.8, 4) is 6.07 Å². The van der Waals surface area contributed by atoms with E-state index in [0.717, 1.165) is 9.87 Å². The average molecular weight is 373 g/mol. The van der Waals surface area contributed by atoms with Gasteiger partial charge in [0.25, 0.3) is 5.22 Å². The Bertz CT molecular complexity index is 1050. The maximum atomic E-state index is 12.2. The molecule has 0 aliphatic rings. The van der Waals surface area contributed by atoms with Gasteiger partial charge in [-0.25, -0.2) is 17.7 Å². The first-order valence-corrected chi connectivity index (χ1v) is 9.77.